The summed E-state index contributed by atoms with van der Waals surface area (Å²) >= 11 is 3.35. The van der Waals surface area contributed by atoms with E-state index in [1.54, 1.807) is 6.07 Å². The summed E-state index contributed by atoms with van der Waals surface area (Å²) in [6, 6.07) is 13.0. The average Bonchev–Trinajstić information content (AvgIpc) is 2.96. The van der Waals surface area contributed by atoms with E-state index in [2.05, 4.69) is 31.3 Å². The Hall–Kier alpha value is -2.41. The topological polar surface area (TPSA) is 60.7 Å². The molecule has 0 aliphatic heterocycles. The first-order valence-corrected chi connectivity index (χ1v) is 7.23. The lowest BCUT2D eigenvalue weighted by Crippen LogP contribution is -2.13. The summed E-state index contributed by atoms with van der Waals surface area (Å²) in [5.41, 5.74) is 1.08. The van der Waals surface area contributed by atoms with Crippen molar-refractivity contribution in [1.29, 1.82) is 0 Å². The van der Waals surface area contributed by atoms with Crippen molar-refractivity contribution < 1.29 is 9.18 Å². The molecule has 2 aromatic carbocycles. The Morgan fingerprint density at radius 2 is 1.95 bits per heavy atom. The normalized spacial score (nSPS) is 10.6. The molecule has 3 aromatic rings. The van der Waals surface area contributed by atoms with Crippen LogP contribution in [0.25, 0.3) is 11.4 Å². The molecule has 5 nitrogen and oxygen atoms in total. The summed E-state index contributed by atoms with van der Waals surface area (Å²) in [5, 5.41) is 11.9. The van der Waals surface area contributed by atoms with E-state index in [1.165, 1.54) is 23.0 Å². The number of rotatable bonds is 4. The van der Waals surface area contributed by atoms with E-state index < -0.39 is 5.82 Å². The number of hydrogen-bond acceptors (Lipinski definition) is 4. The van der Waals surface area contributed by atoms with Gasteiger partial charge >= 0.3 is 0 Å². The minimum Gasteiger partial charge on any atom is -0.292 e. The molecule has 3 rings (SSSR count). The molecule has 7 heteroatoms. The maximum absolute atomic E-state index is 13.1. The summed E-state index contributed by atoms with van der Waals surface area (Å²) in [7, 11) is 0. The molecule has 0 bridgehead atoms. The zero-order valence-corrected chi connectivity index (χ0v) is 12.9. The van der Waals surface area contributed by atoms with E-state index in [4.69, 9.17) is 0 Å². The van der Waals surface area contributed by atoms with Crippen LogP contribution in [-0.4, -0.2) is 26.0 Å². The third-order valence-electron chi connectivity index (χ3n) is 2.99. The van der Waals surface area contributed by atoms with Gasteiger partial charge in [-0.15, -0.1) is 10.2 Å². The SMILES string of the molecule is O=C(Cn1nnc(-c2ccc(Br)cc2)n1)c1cccc(F)c1. The Morgan fingerprint density at radius 1 is 1.18 bits per heavy atom. The molecule has 0 radical (unpaired) electrons. The Balaban J connectivity index is 1.77. The molecule has 0 saturated carbocycles. The van der Waals surface area contributed by atoms with E-state index in [1.807, 2.05) is 24.3 Å². The maximum Gasteiger partial charge on any atom is 0.204 e. The van der Waals surface area contributed by atoms with Gasteiger partial charge in [0.2, 0.25) is 5.82 Å². The Morgan fingerprint density at radius 3 is 2.68 bits per heavy atom. The summed E-state index contributed by atoms with van der Waals surface area (Å²) < 4.78 is 14.1. The van der Waals surface area contributed by atoms with Crippen molar-refractivity contribution in [2.75, 3.05) is 0 Å². The second kappa shape index (κ2) is 6.15. The molecule has 22 heavy (non-hydrogen) atoms. The number of halogens is 2. The number of carbonyl (C=O) groups excluding carboxylic acids is 1. The summed E-state index contributed by atoms with van der Waals surface area (Å²) in [6.07, 6.45) is 0. The molecule has 0 saturated heterocycles. The summed E-state index contributed by atoms with van der Waals surface area (Å²) in [5.74, 6) is -0.299. The number of aromatic nitrogens is 4. The smallest absolute Gasteiger partial charge is 0.204 e. The molecule has 0 spiro atoms. The molecule has 0 unspecified atom stereocenters. The van der Waals surface area contributed by atoms with Gasteiger partial charge in [-0.05, 0) is 41.6 Å². The molecule has 0 aliphatic rings. The van der Waals surface area contributed by atoms with Gasteiger partial charge in [0.15, 0.2) is 5.78 Å². The maximum atomic E-state index is 13.1. The van der Waals surface area contributed by atoms with E-state index in [9.17, 15) is 9.18 Å². The zero-order valence-electron chi connectivity index (χ0n) is 11.3. The monoisotopic (exact) mass is 360 g/mol. The molecule has 1 heterocycles. The number of hydrogen-bond donors (Lipinski definition) is 0. The first-order valence-electron chi connectivity index (χ1n) is 6.44. The van der Waals surface area contributed by atoms with Crippen molar-refractivity contribution >= 4 is 21.7 Å². The summed E-state index contributed by atoms with van der Waals surface area (Å²) in [6.45, 7) is -0.0903. The highest BCUT2D eigenvalue weighted by Crippen LogP contribution is 2.17. The van der Waals surface area contributed by atoms with Gasteiger partial charge in [0.1, 0.15) is 12.4 Å². The third-order valence-corrected chi connectivity index (χ3v) is 3.52. The second-order valence-corrected chi connectivity index (χ2v) is 5.50. The average molecular weight is 361 g/mol. The standard InChI is InChI=1S/C15H10BrFN4O/c16-12-6-4-10(5-7-12)15-18-20-21(19-15)9-14(22)11-2-1-3-13(17)8-11/h1-8H,9H2. The highest BCUT2D eigenvalue weighted by molar-refractivity contribution is 9.10. The van der Waals surface area contributed by atoms with Gasteiger partial charge in [0.05, 0.1) is 0 Å². The molecule has 1 aromatic heterocycles. The fraction of sp³-hybridized carbons (Fsp3) is 0.0667. The Labute approximate surface area is 133 Å². The van der Waals surface area contributed by atoms with Crippen LogP contribution < -0.4 is 0 Å². The van der Waals surface area contributed by atoms with Crippen molar-refractivity contribution in [2.45, 2.75) is 6.54 Å². The first kappa shape index (κ1) is 14.5. The van der Waals surface area contributed by atoms with Gasteiger partial charge in [0.25, 0.3) is 0 Å². The van der Waals surface area contributed by atoms with Crippen molar-refractivity contribution in [3.05, 3.63) is 64.4 Å². The van der Waals surface area contributed by atoms with Crippen molar-refractivity contribution in [1.82, 2.24) is 20.2 Å². The van der Waals surface area contributed by atoms with Crippen LogP contribution in [-0.2, 0) is 6.54 Å². The van der Waals surface area contributed by atoms with E-state index in [0.717, 1.165) is 10.0 Å². The Kier molecular flexibility index (Phi) is 4.06. The van der Waals surface area contributed by atoms with Gasteiger partial charge in [-0.1, -0.05) is 28.1 Å². The third kappa shape index (κ3) is 3.25. The predicted octanol–water partition coefficient (Wildman–Crippen LogP) is 3.12. The van der Waals surface area contributed by atoms with Gasteiger partial charge in [-0.3, -0.25) is 4.79 Å². The fourth-order valence-electron chi connectivity index (χ4n) is 1.91. The lowest BCUT2D eigenvalue weighted by atomic mass is 10.1. The van der Waals surface area contributed by atoms with Crippen molar-refractivity contribution in [3.63, 3.8) is 0 Å². The van der Waals surface area contributed by atoms with Gasteiger partial charge in [0, 0.05) is 15.6 Å². The van der Waals surface area contributed by atoms with Gasteiger partial charge < -0.3 is 0 Å². The number of ketones is 1. The molecular formula is C15H10BrFN4O. The lowest BCUT2D eigenvalue weighted by Gasteiger charge is -1.99. The molecule has 0 fully saturated rings. The highest BCUT2D eigenvalue weighted by Gasteiger charge is 2.11. The molecular weight excluding hydrogens is 351 g/mol. The predicted molar refractivity (Wildman–Crippen MR) is 81.7 cm³/mol. The van der Waals surface area contributed by atoms with Crippen LogP contribution in [0, 0.1) is 5.82 Å². The van der Waals surface area contributed by atoms with Crippen LogP contribution >= 0.6 is 15.9 Å². The minimum absolute atomic E-state index is 0.0903. The Bertz CT molecular complexity index is 816. The van der Waals surface area contributed by atoms with E-state index in [0.29, 0.717) is 5.82 Å². The largest absolute Gasteiger partial charge is 0.292 e. The highest BCUT2D eigenvalue weighted by atomic mass is 79.9. The van der Waals surface area contributed by atoms with E-state index in [-0.39, 0.29) is 17.9 Å². The van der Waals surface area contributed by atoms with Gasteiger partial charge in [-0.25, -0.2) is 4.39 Å². The van der Waals surface area contributed by atoms with E-state index >= 15 is 0 Å². The first-order chi connectivity index (χ1) is 10.6. The number of tetrazole rings is 1. The quantitative estimate of drug-likeness (QED) is 0.670. The number of benzene rings is 2. The van der Waals surface area contributed by atoms with Crippen LogP contribution in [0.1, 0.15) is 10.4 Å². The van der Waals surface area contributed by atoms with Crippen LogP contribution in [0.5, 0.6) is 0 Å². The van der Waals surface area contributed by atoms with Crippen LogP contribution in [0.2, 0.25) is 0 Å². The lowest BCUT2D eigenvalue weighted by molar-refractivity contribution is 0.0961. The van der Waals surface area contributed by atoms with Crippen LogP contribution in [0.15, 0.2) is 53.0 Å². The fourth-order valence-corrected chi connectivity index (χ4v) is 2.17. The van der Waals surface area contributed by atoms with Crippen molar-refractivity contribution in [3.8, 4) is 11.4 Å². The number of carbonyl (C=O) groups is 1. The number of Topliss-reactive ketones (excluding diaryl/α,β-unsaturated/α-hetero) is 1. The summed E-state index contributed by atoms with van der Waals surface area (Å²) in [4.78, 5) is 13.3. The van der Waals surface area contributed by atoms with Crippen LogP contribution in [0.3, 0.4) is 0 Å². The van der Waals surface area contributed by atoms with Gasteiger partial charge in [-0.2, -0.15) is 4.80 Å². The minimum atomic E-state index is -0.451. The molecule has 110 valence electrons. The van der Waals surface area contributed by atoms with Crippen LogP contribution in [0.4, 0.5) is 4.39 Å². The molecule has 0 atom stereocenters. The molecule has 0 N–H and O–H groups in total. The molecule has 0 aliphatic carbocycles. The zero-order chi connectivity index (χ0) is 15.5. The van der Waals surface area contributed by atoms with Crippen molar-refractivity contribution in [2.24, 2.45) is 0 Å². The molecule has 0 amide bonds. The number of nitrogens with zero attached hydrogens (tertiary/aromatic N) is 4. The second-order valence-electron chi connectivity index (χ2n) is 4.58.